The van der Waals surface area contributed by atoms with Crippen LogP contribution in [0.15, 0.2) is 18.2 Å². The zero-order valence-electron chi connectivity index (χ0n) is 11.4. The second-order valence-corrected chi connectivity index (χ2v) is 5.22. The van der Waals surface area contributed by atoms with Crippen molar-refractivity contribution in [3.63, 3.8) is 0 Å². The molecule has 1 aliphatic rings. The van der Waals surface area contributed by atoms with Crippen molar-refractivity contribution in [2.45, 2.75) is 25.3 Å². The van der Waals surface area contributed by atoms with Gasteiger partial charge in [0.25, 0.3) is 0 Å². The van der Waals surface area contributed by atoms with Crippen molar-refractivity contribution < 1.29 is 9.47 Å². The van der Waals surface area contributed by atoms with Crippen LogP contribution in [-0.4, -0.2) is 32.8 Å². The Kier molecular flexibility index (Phi) is 3.66. The number of hydrogen-bond donors (Lipinski definition) is 1. The van der Waals surface area contributed by atoms with Gasteiger partial charge in [-0.1, -0.05) is 0 Å². The molecule has 1 fully saturated rings. The zero-order valence-corrected chi connectivity index (χ0v) is 11.4. The quantitative estimate of drug-likeness (QED) is 0.891. The summed E-state index contributed by atoms with van der Waals surface area (Å²) < 4.78 is 10.6. The molecule has 1 heterocycles. The Hall–Kier alpha value is -1.42. The molecule has 2 N–H and O–H groups in total. The summed E-state index contributed by atoms with van der Waals surface area (Å²) in [5, 5.41) is 0. The van der Waals surface area contributed by atoms with Crippen molar-refractivity contribution in [2.75, 3.05) is 32.2 Å². The minimum Gasteiger partial charge on any atom is -0.493 e. The number of ether oxygens (including phenoxy) is 2. The average molecular weight is 250 g/mol. The van der Waals surface area contributed by atoms with Crippen molar-refractivity contribution in [1.82, 2.24) is 0 Å². The van der Waals surface area contributed by atoms with Crippen LogP contribution < -0.4 is 20.1 Å². The van der Waals surface area contributed by atoms with Crippen LogP contribution in [0.1, 0.15) is 19.8 Å². The lowest BCUT2D eigenvalue weighted by Gasteiger charge is -2.39. The van der Waals surface area contributed by atoms with Gasteiger partial charge in [0.15, 0.2) is 11.5 Å². The van der Waals surface area contributed by atoms with Crippen LogP contribution in [0, 0.1) is 0 Å². The first kappa shape index (κ1) is 13.0. The maximum atomic E-state index is 6.23. The predicted octanol–water partition coefficient (Wildman–Crippen LogP) is 2.02. The van der Waals surface area contributed by atoms with Gasteiger partial charge in [-0.05, 0) is 31.9 Å². The standard InChI is InChI=1S/C14H22N2O2/c1-14(15)7-4-8-16(10-14)11-5-6-12(17-2)13(9-11)18-3/h5-6,9H,4,7-8,10,15H2,1-3H3. The van der Waals surface area contributed by atoms with E-state index in [0.29, 0.717) is 0 Å². The summed E-state index contributed by atoms with van der Waals surface area (Å²) in [5.74, 6) is 1.52. The van der Waals surface area contributed by atoms with Crippen molar-refractivity contribution in [3.05, 3.63) is 18.2 Å². The highest BCUT2D eigenvalue weighted by molar-refractivity contribution is 5.57. The molecular formula is C14H22N2O2. The molecule has 0 aliphatic carbocycles. The number of rotatable bonds is 3. The Morgan fingerprint density at radius 1 is 1.22 bits per heavy atom. The van der Waals surface area contributed by atoms with Crippen LogP contribution in [0.25, 0.3) is 0 Å². The highest BCUT2D eigenvalue weighted by Gasteiger charge is 2.27. The fraction of sp³-hybridized carbons (Fsp3) is 0.571. The van der Waals surface area contributed by atoms with Crippen molar-refractivity contribution in [1.29, 1.82) is 0 Å². The minimum absolute atomic E-state index is 0.106. The molecular weight excluding hydrogens is 228 g/mol. The molecule has 0 bridgehead atoms. The SMILES string of the molecule is COc1ccc(N2CCCC(C)(N)C2)cc1OC. The van der Waals surface area contributed by atoms with E-state index in [1.54, 1.807) is 14.2 Å². The van der Waals surface area contributed by atoms with E-state index in [2.05, 4.69) is 17.9 Å². The molecule has 4 nitrogen and oxygen atoms in total. The van der Waals surface area contributed by atoms with Gasteiger partial charge in [0, 0.05) is 30.4 Å². The van der Waals surface area contributed by atoms with E-state index < -0.39 is 0 Å². The molecule has 1 atom stereocenters. The van der Waals surface area contributed by atoms with Crippen molar-refractivity contribution in [3.8, 4) is 11.5 Å². The molecule has 0 spiro atoms. The Labute approximate surface area is 109 Å². The van der Waals surface area contributed by atoms with E-state index in [1.807, 2.05) is 12.1 Å². The summed E-state index contributed by atoms with van der Waals surface area (Å²) in [7, 11) is 3.31. The average Bonchev–Trinajstić information content (AvgIpc) is 2.36. The monoisotopic (exact) mass is 250 g/mol. The molecule has 1 aromatic rings. The highest BCUT2D eigenvalue weighted by atomic mass is 16.5. The van der Waals surface area contributed by atoms with Crippen LogP contribution in [-0.2, 0) is 0 Å². The molecule has 1 saturated heterocycles. The normalized spacial score (nSPS) is 23.9. The number of nitrogens with two attached hydrogens (primary N) is 1. The van der Waals surface area contributed by atoms with Crippen LogP contribution in [0.4, 0.5) is 5.69 Å². The lowest BCUT2D eigenvalue weighted by molar-refractivity contribution is 0.353. The fourth-order valence-corrected chi connectivity index (χ4v) is 2.51. The number of hydrogen-bond acceptors (Lipinski definition) is 4. The molecule has 0 saturated carbocycles. The summed E-state index contributed by atoms with van der Waals surface area (Å²) in [6, 6.07) is 6.01. The molecule has 1 aromatic carbocycles. The first-order valence-electron chi connectivity index (χ1n) is 6.31. The summed E-state index contributed by atoms with van der Waals surface area (Å²) in [4.78, 5) is 2.31. The molecule has 0 radical (unpaired) electrons. The third-order valence-corrected chi connectivity index (χ3v) is 3.46. The summed E-state index contributed by atoms with van der Waals surface area (Å²) in [6.45, 7) is 4.03. The number of nitrogens with zero attached hydrogens (tertiary/aromatic N) is 1. The minimum atomic E-state index is -0.106. The zero-order chi connectivity index (χ0) is 13.2. The lowest BCUT2D eigenvalue weighted by atomic mass is 9.92. The van der Waals surface area contributed by atoms with Crippen LogP contribution in [0.5, 0.6) is 11.5 Å². The first-order chi connectivity index (χ1) is 8.55. The van der Waals surface area contributed by atoms with Gasteiger partial charge in [0.1, 0.15) is 0 Å². The molecule has 4 heteroatoms. The number of anilines is 1. The Morgan fingerprint density at radius 2 is 1.94 bits per heavy atom. The van der Waals surface area contributed by atoms with Gasteiger partial charge in [-0.3, -0.25) is 0 Å². The highest BCUT2D eigenvalue weighted by Crippen LogP contribution is 2.33. The summed E-state index contributed by atoms with van der Waals surface area (Å²) in [6.07, 6.45) is 2.21. The maximum absolute atomic E-state index is 6.23. The lowest BCUT2D eigenvalue weighted by Crippen LogP contribution is -2.52. The van der Waals surface area contributed by atoms with Gasteiger partial charge in [0.2, 0.25) is 0 Å². The van der Waals surface area contributed by atoms with Gasteiger partial charge < -0.3 is 20.1 Å². The van der Waals surface area contributed by atoms with E-state index in [0.717, 1.165) is 43.1 Å². The van der Waals surface area contributed by atoms with Gasteiger partial charge >= 0.3 is 0 Å². The van der Waals surface area contributed by atoms with E-state index in [-0.39, 0.29) is 5.54 Å². The maximum Gasteiger partial charge on any atom is 0.162 e. The van der Waals surface area contributed by atoms with E-state index in [9.17, 15) is 0 Å². The van der Waals surface area contributed by atoms with Crippen LogP contribution >= 0.6 is 0 Å². The molecule has 100 valence electrons. The second-order valence-electron chi connectivity index (χ2n) is 5.22. The third-order valence-electron chi connectivity index (χ3n) is 3.46. The van der Waals surface area contributed by atoms with E-state index in [1.165, 1.54) is 0 Å². The van der Waals surface area contributed by atoms with Gasteiger partial charge in [0.05, 0.1) is 14.2 Å². The molecule has 18 heavy (non-hydrogen) atoms. The Morgan fingerprint density at radius 3 is 2.56 bits per heavy atom. The predicted molar refractivity (Wildman–Crippen MR) is 73.6 cm³/mol. The number of methoxy groups -OCH3 is 2. The Balaban J connectivity index is 2.23. The summed E-state index contributed by atoms with van der Waals surface area (Å²) in [5.41, 5.74) is 7.27. The molecule has 0 aromatic heterocycles. The molecule has 2 rings (SSSR count). The van der Waals surface area contributed by atoms with Crippen molar-refractivity contribution >= 4 is 5.69 Å². The van der Waals surface area contributed by atoms with Gasteiger partial charge in [-0.25, -0.2) is 0 Å². The molecule has 1 unspecified atom stereocenters. The van der Waals surface area contributed by atoms with Gasteiger partial charge in [-0.2, -0.15) is 0 Å². The first-order valence-corrected chi connectivity index (χ1v) is 6.31. The van der Waals surface area contributed by atoms with Crippen LogP contribution in [0.2, 0.25) is 0 Å². The topological polar surface area (TPSA) is 47.7 Å². The van der Waals surface area contributed by atoms with Crippen LogP contribution in [0.3, 0.4) is 0 Å². The third kappa shape index (κ3) is 2.70. The smallest absolute Gasteiger partial charge is 0.162 e. The molecule has 1 aliphatic heterocycles. The molecule has 0 amide bonds. The number of benzene rings is 1. The van der Waals surface area contributed by atoms with Crippen molar-refractivity contribution in [2.24, 2.45) is 5.73 Å². The second kappa shape index (κ2) is 5.06. The summed E-state index contributed by atoms with van der Waals surface area (Å²) >= 11 is 0. The largest absolute Gasteiger partial charge is 0.493 e. The number of piperidine rings is 1. The Bertz CT molecular complexity index is 418. The van der Waals surface area contributed by atoms with E-state index in [4.69, 9.17) is 15.2 Å². The fourth-order valence-electron chi connectivity index (χ4n) is 2.51. The van der Waals surface area contributed by atoms with E-state index >= 15 is 0 Å². The van der Waals surface area contributed by atoms with Gasteiger partial charge in [-0.15, -0.1) is 0 Å².